The summed E-state index contributed by atoms with van der Waals surface area (Å²) in [4.78, 5) is 13.0. The number of aromatic nitrogens is 1. The Bertz CT molecular complexity index is 705. The Hall–Kier alpha value is -1.95. The number of carbonyl (C=O) groups excluding carboxylic acids is 1. The summed E-state index contributed by atoms with van der Waals surface area (Å²) < 4.78 is 17.2. The second-order valence-corrected chi connectivity index (χ2v) is 7.19. The fourth-order valence-electron chi connectivity index (χ4n) is 2.64. The average Bonchev–Trinajstić information content (AvgIpc) is 2.90. The molecule has 124 valence electrons. The number of hydrogen-bond donors (Lipinski definition) is 1. The molecule has 0 aliphatic heterocycles. The van der Waals surface area contributed by atoms with Crippen molar-refractivity contribution in [3.05, 3.63) is 46.8 Å². The minimum absolute atomic E-state index is 0.0917. The highest BCUT2D eigenvalue weighted by molar-refractivity contribution is 7.85. The van der Waals surface area contributed by atoms with E-state index in [1.54, 1.807) is 24.3 Å². The third-order valence-corrected chi connectivity index (χ3v) is 5.16. The van der Waals surface area contributed by atoms with Gasteiger partial charge < -0.3 is 9.84 Å². The topological polar surface area (TPSA) is 72.2 Å². The Morgan fingerprint density at radius 1 is 1.35 bits per heavy atom. The summed E-state index contributed by atoms with van der Waals surface area (Å²) in [5.74, 6) is 1.14. The molecule has 1 heterocycles. The van der Waals surface area contributed by atoms with E-state index in [0.717, 1.165) is 17.0 Å². The molecule has 0 aliphatic rings. The number of benzene rings is 1. The molecule has 1 amide bonds. The van der Waals surface area contributed by atoms with Crippen LogP contribution in [0.1, 0.15) is 47.1 Å². The van der Waals surface area contributed by atoms with Gasteiger partial charge in [-0.05, 0) is 26.0 Å². The van der Waals surface area contributed by atoms with Crippen LogP contribution in [0.4, 0.5) is 0 Å². The van der Waals surface area contributed by atoms with Crippen molar-refractivity contribution in [3.63, 3.8) is 0 Å². The lowest BCUT2D eigenvalue weighted by Gasteiger charge is -2.14. The van der Waals surface area contributed by atoms with Crippen LogP contribution in [-0.2, 0) is 10.8 Å². The third-order valence-electron chi connectivity index (χ3n) is 3.79. The summed E-state index contributed by atoms with van der Waals surface area (Å²) in [5, 5.41) is 6.86. The van der Waals surface area contributed by atoms with Crippen LogP contribution in [-0.4, -0.2) is 27.6 Å². The molecular weight excluding hydrogens is 312 g/mol. The fourth-order valence-corrected chi connectivity index (χ4v) is 3.59. The van der Waals surface area contributed by atoms with Crippen molar-refractivity contribution in [2.45, 2.75) is 38.5 Å². The summed E-state index contributed by atoms with van der Waals surface area (Å²) in [6.07, 6.45) is 0. The van der Waals surface area contributed by atoms with Crippen molar-refractivity contribution in [1.29, 1.82) is 0 Å². The lowest BCUT2D eigenvalue weighted by molar-refractivity contribution is 0.0948. The van der Waals surface area contributed by atoms with E-state index in [1.807, 2.05) is 27.7 Å². The number of rotatable bonds is 6. The zero-order valence-electron chi connectivity index (χ0n) is 13.9. The molecule has 6 heteroatoms. The van der Waals surface area contributed by atoms with E-state index in [1.165, 1.54) is 0 Å². The van der Waals surface area contributed by atoms with Crippen LogP contribution in [0.2, 0.25) is 0 Å². The van der Waals surface area contributed by atoms with Crippen molar-refractivity contribution in [1.82, 2.24) is 10.5 Å². The van der Waals surface area contributed by atoms with Gasteiger partial charge in [0.25, 0.3) is 5.91 Å². The standard InChI is InChI=1S/C17H22N2O3S/c1-5-23(21)15-9-7-6-8-14(15)17(20)18-10-11(2)16-12(3)19-22-13(16)4/h6-9,11H,5,10H2,1-4H3,(H,18,20)/t11-,23+/m1/s1. The van der Waals surface area contributed by atoms with Crippen LogP contribution in [0.15, 0.2) is 33.7 Å². The zero-order valence-corrected chi connectivity index (χ0v) is 14.7. The molecule has 0 bridgehead atoms. The number of carbonyl (C=O) groups is 1. The molecule has 2 atom stereocenters. The smallest absolute Gasteiger partial charge is 0.252 e. The van der Waals surface area contributed by atoms with Gasteiger partial charge in [-0.1, -0.05) is 31.1 Å². The lowest BCUT2D eigenvalue weighted by atomic mass is 9.99. The molecule has 0 fully saturated rings. The van der Waals surface area contributed by atoms with E-state index < -0.39 is 10.8 Å². The summed E-state index contributed by atoms with van der Waals surface area (Å²) >= 11 is 0. The number of aryl methyl sites for hydroxylation is 2. The molecule has 23 heavy (non-hydrogen) atoms. The Morgan fingerprint density at radius 3 is 2.65 bits per heavy atom. The van der Waals surface area contributed by atoms with E-state index in [9.17, 15) is 9.00 Å². The van der Waals surface area contributed by atoms with Gasteiger partial charge >= 0.3 is 0 Å². The van der Waals surface area contributed by atoms with Gasteiger partial charge in [-0.25, -0.2) is 0 Å². The van der Waals surface area contributed by atoms with Crippen LogP contribution >= 0.6 is 0 Å². The SMILES string of the molecule is CC[S@](=O)c1ccccc1C(=O)NC[C@@H](C)c1c(C)noc1C. The molecule has 0 saturated carbocycles. The minimum Gasteiger partial charge on any atom is -0.361 e. The summed E-state index contributed by atoms with van der Waals surface area (Å²) in [6.45, 7) is 8.08. The highest BCUT2D eigenvalue weighted by Crippen LogP contribution is 2.22. The summed E-state index contributed by atoms with van der Waals surface area (Å²) in [6, 6.07) is 7.03. The van der Waals surface area contributed by atoms with E-state index in [-0.39, 0.29) is 11.8 Å². The van der Waals surface area contributed by atoms with Crippen molar-refractivity contribution in [2.24, 2.45) is 0 Å². The molecule has 1 aromatic heterocycles. The van der Waals surface area contributed by atoms with Crippen LogP contribution < -0.4 is 5.32 Å². The van der Waals surface area contributed by atoms with E-state index in [2.05, 4.69) is 10.5 Å². The first-order valence-corrected chi connectivity index (χ1v) is 8.96. The van der Waals surface area contributed by atoms with Gasteiger partial charge in [0, 0.05) is 23.8 Å². The van der Waals surface area contributed by atoms with E-state index >= 15 is 0 Å². The van der Waals surface area contributed by atoms with Gasteiger partial charge in [-0.2, -0.15) is 0 Å². The van der Waals surface area contributed by atoms with Gasteiger partial charge in [0.2, 0.25) is 0 Å². The minimum atomic E-state index is -1.16. The Morgan fingerprint density at radius 2 is 2.04 bits per heavy atom. The normalized spacial score (nSPS) is 13.6. The summed E-state index contributed by atoms with van der Waals surface area (Å²) in [5.41, 5.74) is 2.34. The Kier molecular flexibility index (Phi) is 5.71. The molecule has 1 aromatic carbocycles. The van der Waals surface area contributed by atoms with Gasteiger partial charge in [-0.3, -0.25) is 9.00 Å². The van der Waals surface area contributed by atoms with Gasteiger partial charge in [-0.15, -0.1) is 0 Å². The maximum Gasteiger partial charge on any atom is 0.252 e. The number of amides is 1. The first-order valence-electron chi connectivity index (χ1n) is 7.64. The highest BCUT2D eigenvalue weighted by Gasteiger charge is 2.19. The third kappa shape index (κ3) is 3.88. The number of nitrogens with one attached hydrogen (secondary N) is 1. The maximum atomic E-state index is 12.4. The van der Waals surface area contributed by atoms with Gasteiger partial charge in [0.05, 0.1) is 27.0 Å². The maximum absolute atomic E-state index is 12.4. The van der Waals surface area contributed by atoms with Gasteiger partial charge in [0.1, 0.15) is 5.76 Å². The second-order valence-electron chi connectivity index (χ2n) is 5.48. The Balaban J connectivity index is 2.10. The molecule has 5 nitrogen and oxygen atoms in total. The first-order chi connectivity index (χ1) is 11.0. The molecule has 2 rings (SSSR count). The largest absolute Gasteiger partial charge is 0.361 e. The molecule has 0 aliphatic carbocycles. The highest BCUT2D eigenvalue weighted by atomic mass is 32.2. The number of nitrogens with zero attached hydrogens (tertiary/aromatic N) is 1. The van der Waals surface area contributed by atoms with Crippen LogP contribution in [0, 0.1) is 13.8 Å². The average molecular weight is 334 g/mol. The van der Waals surface area contributed by atoms with E-state index in [4.69, 9.17) is 4.52 Å². The predicted molar refractivity (Wildman–Crippen MR) is 90.1 cm³/mol. The lowest BCUT2D eigenvalue weighted by Crippen LogP contribution is -2.28. The van der Waals surface area contributed by atoms with Gasteiger partial charge in [0.15, 0.2) is 0 Å². The van der Waals surface area contributed by atoms with E-state index in [0.29, 0.717) is 22.8 Å². The van der Waals surface area contributed by atoms with Crippen molar-refractivity contribution < 1.29 is 13.5 Å². The monoisotopic (exact) mass is 334 g/mol. The molecule has 1 N–H and O–H groups in total. The second kappa shape index (κ2) is 7.55. The number of hydrogen-bond acceptors (Lipinski definition) is 4. The molecule has 0 saturated heterocycles. The summed E-state index contributed by atoms with van der Waals surface area (Å²) in [7, 11) is -1.16. The first kappa shape index (κ1) is 17.4. The van der Waals surface area contributed by atoms with Crippen LogP contribution in [0.3, 0.4) is 0 Å². The predicted octanol–water partition coefficient (Wildman–Crippen LogP) is 2.95. The van der Waals surface area contributed by atoms with Crippen molar-refractivity contribution in [2.75, 3.05) is 12.3 Å². The van der Waals surface area contributed by atoms with Crippen LogP contribution in [0.5, 0.6) is 0 Å². The zero-order chi connectivity index (χ0) is 17.0. The molecule has 2 aromatic rings. The fraction of sp³-hybridized carbons (Fsp3) is 0.412. The van der Waals surface area contributed by atoms with Crippen molar-refractivity contribution >= 4 is 16.7 Å². The molecule has 0 spiro atoms. The molecule has 0 radical (unpaired) electrons. The molecular formula is C17H22N2O3S. The molecule has 0 unspecified atom stereocenters. The Labute approximate surface area is 138 Å². The quantitative estimate of drug-likeness (QED) is 0.881. The van der Waals surface area contributed by atoms with Crippen LogP contribution in [0.25, 0.3) is 0 Å². The van der Waals surface area contributed by atoms with Crippen molar-refractivity contribution in [3.8, 4) is 0 Å².